The second kappa shape index (κ2) is 12.6. The summed E-state index contributed by atoms with van der Waals surface area (Å²) in [5, 5.41) is 3.07. The summed E-state index contributed by atoms with van der Waals surface area (Å²) in [5.74, 6) is 2.11. The van der Waals surface area contributed by atoms with Crippen LogP contribution in [0.5, 0.6) is 5.75 Å². The molecule has 0 saturated carbocycles. The smallest absolute Gasteiger partial charge is 0.251 e. The van der Waals surface area contributed by atoms with Crippen molar-refractivity contribution in [3.63, 3.8) is 0 Å². The molecule has 0 spiro atoms. The first-order chi connectivity index (χ1) is 17.9. The van der Waals surface area contributed by atoms with Crippen LogP contribution >= 0.6 is 0 Å². The average Bonchev–Trinajstić information content (AvgIpc) is 3.22. The van der Waals surface area contributed by atoms with Gasteiger partial charge in [0.2, 0.25) is 0 Å². The van der Waals surface area contributed by atoms with E-state index in [9.17, 15) is 4.79 Å². The van der Waals surface area contributed by atoms with E-state index in [0.29, 0.717) is 13.2 Å². The summed E-state index contributed by atoms with van der Waals surface area (Å²) in [5.41, 5.74) is 7.63. The Balaban J connectivity index is 1.25. The topological polar surface area (TPSA) is 56.1 Å². The average molecular weight is 498 g/mol. The molecule has 0 bridgehead atoms. The number of unbranched alkanes of at least 4 members (excludes halogenated alkanes) is 2. The van der Waals surface area contributed by atoms with Gasteiger partial charge in [0.15, 0.2) is 0 Å². The number of imidazole rings is 1. The van der Waals surface area contributed by atoms with E-state index in [1.165, 1.54) is 22.2 Å². The molecule has 1 heterocycles. The second-order valence-corrected chi connectivity index (χ2v) is 10.0. The quantitative estimate of drug-likeness (QED) is 0.217. The Morgan fingerprint density at radius 1 is 0.865 bits per heavy atom. The molecule has 4 rings (SSSR count). The predicted molar refractivity (Wildman–Crippen MR) is 152 cm³/mol. The van der Waals surface area contributed by atoms with Crippen LogP contribution in [0, 0.1) is 27.7 Å². The van der Waals surface area contributed by atoms with Crippen LogP contribution < -0.4 is 10.1 Å². The van der Waals surface area contributed by atoms with Crippen molar-refractivity contribution in [1.29, 1.82) is 0 Å². The Morgan fingerprint density at radius 3 is 2.41 bits per heavy atom. The van der Waals surface area contributed by atoms with Gasteiger partial charge in [-0.3, -0.25) is 4.79 Å². The van der Waals surface area contributed by atoms with E-state index in [0.717, 1.165) is 66.9 Å². The first-order valence-electron chi connectivity index (χ1n) is 13.4. The minimum Gasteiger partial charge on any atom is -0.493 e. The number of benzene rings is 3. The molecule has 1 N–H and O–H groups in total. The zero-order valence-electron chi connectivity index (χ0n) is 22.6. The van der Waals surface area contributed by atoms with Crippen LogP contribution in [0.2, 0.25) is 0 Å². The summed E-state index contributed by atoms with van der Waals surface area (Å²) in [4.78, 5) is 17.4. The van der Waals surface area contributed by atoms with Gasteiger partial charge in [-0.1, -0.05) is 53.9 Å². The number of rotatable bonds is 12. The standard InChI is InChI=1S/C32H39N3O2/c1-23-14-16-27(25(3)21-23)32(36)33-18-9-5-6-13-31-34-28-11-7-8-12-29(28)35(31)19-10-20-37-30-17-15-24(2)22-26(30)4/h7-8,11-12,14-17,21-22H,5-6,9-10,13,18-20H2,1-4H3,(H,33,36). The molecule has 0 fully saturated rings. The van der Waals surface area contributed by atoms with Crippen molar-refractivity contribution in [3.8, 4) is 5.75 Å². The van der Waals surface area contributed by atoms with Gasteiger partial charge >= 0.3 is 0 Å². The number of amides is 1. The highest BCUT2D eigenvalue weighted by molar-refractivity contribution is 5.95. The van der Waals surface area contributed by atoms with Crippen LogP contribution in [0.1, 0.15) is 64.1 Å². The van der Waals surface area contributed by atoms with Crippen molar-refractivity contribution < 1.29 is 9.53 Å². The third kappa shape index (κ3) is 7.00. The fourth-order valence-electron chi connectivity index (χ4n) is 4.88. The van der Waals surface area contributed by atoms with E-state index in [1.807, 2.05) is 32.0 Å². The van der Waals surface area contributed by atoms with Gasteiger partial charge in [0.05, 0.1) is 17.6 Å². The molecule has 1 amide bonds. The molecule has 0 aliphatic heterocycles. The first-order valence-corrected chi connectivity index (χ1v) is 13.4. The van der Waals surface area contributed by atoms with Crippen LogP contribution in [0.3, 0.4) is 0 Å². The van der Waals surface area contributed by atoms with Gasteiger partial charge in [-0.25, -0.2) is 4.98 Å². The molecular formula is C32H39N3O2. The number of nitrogens with zero attached hydrogens (tertiary/aromatic N) is 2. The number of aryl methyl sites for hydroxylation is 6. The first kappa shape index (κ1) is 26.5. The molecule has 5 heteroatoms. The maximum absolute atomic E-state index is 12.5. The molecule has 0 atom stereocenters. The van der Waals surface area contributed by atoms with Crippen molar-refractivity contribution in [2.45, 2.75) is 66.3 Å². The van der Waals surface area contributed by atoms with Crippen molar-refractivity contribution in [2.24, 2.45) is 0 Å². The molecule has 0 aliphatic carbocycles. The number of ether oxygens (including phenoxy) is 1. The molecule has 0 unspecified atom stereocenters. The number of fused-ring (bicyclic) bond motifs is 1. The third-order valence-corrected chi connectivity index (χ3v) is 6.84. The monoisotopic (exact) mass is 497 g/mol. The zero-order chi connectivity index (χ0) is 26.2. The number of carbonyl (C=O) groups excluding carboxylic acids is 1. The lowest BCUT2D eigenvalue weighted by atomic mass is 10.1. The van der Waals surface area contributed by atoms with E-state index in [1.54, 1.807) is 0 Å². The lowest BCUT2D eigenvalue weighted by Gasteiger charge is -2.12. The van der Waals surface area contributed by atoms with Crippen LogP contribution in [-0.4, -0.2) is 28.6 Å². The number of hydrogen-bond donors (Lipinski definition) is 1. The number of nitrogens with one attached hydrogen (secondary N) is 1. The van der Waals surface area contributed by atoms with E-state index in [-0.39, 0.29) is 5.91 Å². The molecular weight excluding hydrogens is 458 g/mol. The second-order valence-electron chi connectivity index (χ2n) is 10.0. The Morgan fingerprint density at radius 2 is 1.62 bits per heavy atom. The highest BCUT2D eigenvalue weighted by Crippen LogP contribution is 2.21. The summed E-state index contributed by atoms with van der Waals surface area (Å²) in [6.07, 6.45) is 4.90. The largest absolute Gasteiger partial charge is 0.493 e. The molecule has 37 heavy (non-hydrogen) atoms. The van der Waals surface area contributed by atoms with Crippen LogP contribution in [0.15, 0.2) is 60.7 Å². The van der Waals surface area contributed by atoms with Gasteiger partial charge in [-0.2, -0.15) is 0 Å². The van der Waals surface area contributed by atoms with Gasteiger partial charge in [-0.05, 0) is 82.3 Å². The Labute approximate surface area is 220 Å². The maximum atomic E-state index is 12.5. The molecule has 0 radical (unpaired) electrons. The van der Waals surface area contributed by atoms with Crippen molar-refractivity contribution in [3.05, 3.63) is 94.3 Å². The SMILES string of the molecule is Cc1ccc(OCCCn2c(CCCCCNC(=O)c3ccc(C)cc3C)nc3ccccc32)c(C)c1. The fourth-order valence-corrected chi connectivity index (χ4v) is 4.88. The Kier molecular flexibility index (Phi) is 8.99. The highest BCUT2D eigenvalue weighted by atomic mass is 16.5. The minimum atomic E-state index is 0.0161. The van der Waals surface area contributed by atoms with E-state index in [2.05, 4.69) is 66.2 Å². The van der Waals surface area contributed by atoms with Gasteiger partial charge in [0, 0.05) is 25.1 Å². The molecule has 0 saturated heterocycles. The Hall–Kier alpha value is -3.60. The van der Waals surface area contributed by atoms with Crippen molar-refractivity contribution in [1.82, 2.24) is 14.9 Å². The van der Waals surface area contributed by atoms with Crippen LogP contribution in [0.4, 0.5) is 0 Å². The summed E-state index contributed by atoms with van der Waals surface area (Å²) in [6, 6.07) is 20.6. The number of carbonyl (C=O) groups is 1. The minimum absolute atomic E-state index is 0.0161. The lowest BCUT2D eigenvalue weighted by molar-refractivity contribution is 0.0952. The molecule has 1 aromatic heterocycles. The maximum Gasteiger partial charge on any atom is 0.251 e. The summed E-state index contributed by atoms with van der Waals surface area (Å²) >= 11 is 0. The van der Waals surface area contributed by atoms with E-state index in [4.69, 9.17) is 9.72 Å². The van der Waals surface area contributed by atoms with Gasteiger partial charge < -0.3 is 14.6 Å². The van der Waals surface area contributed by atoms with Gasteiger partial charge in [0.1, 0.15) is 11.6 Å². The number of aromatic nitrogens is 2. The molecule has 5 nitrogen and oxygen atoms in total. The third-order valence-electron chi connectivity index (χ3n) is 6.84. The molecule has 4 aromatic rings. The molecule has 0 aliphatic rings. The number of para-hydroxylation sites is 2. The summed E-state index contributed by atoms with van der Waals surface area (Å²) in [6.45, 7) is 10.5. The van der Waals surface area contributed by atoms with E-state index >= 15 is 0 Å². The van der Waals surface area contributed by atoms with Crippen molar-refractivity contribution >= 4 is 16.9 Å². The summed E-state index contributed by atoms with van der Waals surface area (Å²) in [7, 11) is 0. The molecule has 194 valence electrons. The number of hydrogen-bond acceptors (Lipinski definition) is 3. The Bertz CT molecular complexity index is 1360. The van der Waals surface area contributed by atoms with Crippen LogP contribution in [-0.2, 0) is 13.0 Å². The highest BCUT2D eigenvalue weighted by Gasteiger charge is 2.11. The van der Waals surface area contributed by atoms with Gasteiger partial charge in [-0.15, -0.1) is 0 Å². The van der Waals surface area contributed by atoms with Crippen molar-refractivity contribution in [2.75, 3.05) is 13.2 Å². The molecule has 3 aromatic carbocycles. The zero-order valence-corrected chi connectivity index (χ0v) is 22.6. The normalized spacial score (nSPS) is 11.1. The lowest BCUT2D eigenvalue weighted by Crippen LogP contribution is -2.25. The van der Waals surface area contributed by atoms with Gasteiger partial charge in [0.25, 0.3) is 5.91 Å². The summed E-state index contributed by atoms with van der Waals surface area (Å²) < 4.78 is 8.41. The van der Waals surface area contributed by atoms with E-state index < -0.39 is 0 Å². The predicted octanol–water partition coefficient (Wildman–Crippen LogP) is 6.88. The van der Waals surface area contributed by atoms with Crippen LogP contribution in [0.25, 0.3) is 11.0 Å². The fraction of sp³-hybridized carbons (Fsp3) is 0.375.